The molecule has 8 heteroatoms. The first-order valence-electron chi connectivity index (χ1n) is 13.3. The molecule has 3 unspecified atom stereocenters. The average Bonchev–Trinajstić information content (AvgIpc) is 2.83. The highest BCUT2D eigenvalue weighted by Gasteiger charge is 2.36. The Morgan fingerprint density at radius 3 is 2.24 bits per heavy atom. The van der Waals surface area contributed by atoms with E-state index in [0.717, 1.165) is 18.4 Å². The molecule has 8 nitrogen and oxygen atoms in total. The third kappa shape index (κ3) is 9.08. The zero-order chi connectivity index (χ0) is 28.5. The fourth-order valence-corrected chi connectivity index (χ4v) is 4.31. The van der Waals surface area contributed by atoms with Crippen molar-refractivity contribution in [2.45, 2.75) is 91.5 Å². The highest BCUT2D eigenvalue weighted by molar-refractivity contribution is 5.92. The summed E-state index contributed by atoms with van der Waals surface area (Å²) < 4.78 is 5.44. The van der Waals surface area contributed by atoms with Crippen LogP contribution in [0.1, 0.15) is 77.1 Å². The molecule has 38 heavy (non-hydrogen) atoms. The topological polar surface area (TPSA) is 108 Å². The van der Waals surface area contributed by atoms with E-state index in [-0.39, 0.29) is 30.7 Å². The summed E-state index contributed by atoms with van der Waals surface area (Å²) in [5, 5.41) is 15.9. The molecule has 3 amide bonds. The molecule has 2 aromatic carbocycles. The van der Waals surface area contributed by atoms with E-state index in [4.69, 9.17) is 4.74 Å². The van der Waals surface area contributed by atoms with Gasteiger partial charge in [-0.15, -0.1) is 0 Å². The number of alkyl carbamates (subject to hydrolysis) is 1. The van der Waals surface area contributed by atoms with Crippen molar-refractivity contribution >= 4 is 17.9 Å². The molecule has 0 aliphatic rings. The lowest BCUT2D eigenvalue weighted by Crippen LogP contribution is -2.54. The maximum absolute atomic E-state index is 14.1. The molecule has 3 atom stereocenters. The van der Waals surface area contributed by atoms with Crippen molar-refractivity contribution < 1.29 is 24.2 Å². The number of phenols is 1. The van der Waals surface area contributed by atoms with Crippen molar-refractivity contribution in [3.63, 3.8) is 0 Å². The highest BCUT2D eigenvalue weighted by Crippen LogP contribution is 2.27. The summed E-state index contributed by atoms with van der Waals surface area (Å²) >= 11 is 0. The third-order valence-corrected chi connectivity index (χ3v) is 6.10. The lowest BCUT2D eigenvalue weighted by atomic mass is 9.98. The number of nitrogens with one attached hydrogen (secondary N) is 2. The number of hydrogen-bond donors (Lipinski definition) is 3. The number of rotatable bonds is 11. The second kappa shape index (κ2) is 13.8. The molecule has 0 radical (unpaired) electrons. The molecule has 0 aromatic heterocycles. The fraction of sp³-hybridized carbons (Fsp3) is 0.500. The molecule has 0 aliphatic carbocycles. The molecule has 0 spiro atoms. The van der Waals surface area contributed by atoms with Gasteiger partial charge < -0.3 is 25.4 Å². The van der Waals surface area contributed by atoms with Crippen LogP contribution in [0.3, 0.4) is 0 Å². The number of hydrogen-bond acceptors (Lipinski definition) is 5. The molecular weight excluding hydrogens is 482 g/mol. The number of nitrogens with zero attached hydrogens (tertiary/aromatic N) is 1. The van der Waals surface area contributed by atoms with Crippen LogP contribution in [0.25, 0.3) is 0 Å². The van der Waals surface area contributed by atoms with Gasteiger partial charge in [0.25, 0.3) is 0 Å². The van der Waals surface area contributed by atoms with Crippen LogP contribution in [0.2, 0.25) is 0 Å². The first-order chi connectivity index (χ1) is 17.9. The van der Waals surface area contributed by atoms with Gasteiger partial charge in [-0.3, -0.25) is 9.59 Å². The van der Waals surface area contributed by atoms with E-state index < -0.39 is 29.7 Å². The molecule has 0 heterocycles. The van der Waals surface area contributed by atoms with Gasteiger partial charge in [0.05, 0.1) is 0 Å². The molecule has 0 fully saturated rings. The van der Waals surface area contributed by atoms with Gasteiger partial charge in [0.1, 0.15) is 23.4 Å². The van der Waals surface area contributed by atoms with Gasteiger partial charge in [0.15, 0.2) is 0 Å². The van der Waals surface area contributed by atoms with Gasteiger partial charge in [0.2, 0.25) is 11.8 Å². The summed E-state index contributed by atoms with van der Waals surface area (Å²) in [7, 11) is 0. The largest absolute Gasteiger partial charge is 0.508 e. The number of aryl methyl sites for hydroxylation is 1. The number of benzene rings is 2. The summed E-state index contributed by atoms with van der Waals surface area (Å²) in [5.74, 6) is -0.617. The Balaban J connectivity index is 2.49. The van der Waals surface area contributed by atoms with E-state index in [1.54, 1.807) is 46.8 Å². The quantitative estimate of drug-likeness (QED) is 0.381. The van der Waals surface area contributed by atoms with Crippen LogP contribution in [0.5, 0.6) is 5.75 Å². The fourth-order valence-electron chi connectivity index (χ4n) is 4.31. The van der Waals surface area contributed by atoms with Crippen LogP contribution >= 0.6 is 0 Å². The Morgan fingerprint density at radius 2 is 1.68 bits per heavy atom. The summed E-state index contributed by atoms with van der Waals surface area (Å²) in [6.07, 6.45) is 1.22. The smallest absolute Gasteiger partial charge is 0.408 e. The number of phenolic OH excluding ortho intramolecular Hbond substituents is 1. The minimum atomic E-state index is -0.964. The van der Waals surface area contributed by atoms with Gasteiger partial charge in [-0.25, -0.2) is 4.79 Å². The summed E-state index contributed by atoms with van der Waals surface area (Å²) in [4.78, 5) is 41.9. The predicted molar refractivity (Wildman–Crippen MR) is 149 cm³/mol. The Bertz CT molecular complexity index is 1080. The molecule has 0 saturated carbocycles. The van der Waals surface area contributed by atoms with Crippen molar-refractivity contribution in [1.29, 1.82) is 0 Å². The van der Waals surface area contributed by atoms with E-state index >= 15 is 0 Å². The SMILES string of the molecule is CCCC(C)NC(=O)C(c1ccc(O)c(C)c1)N(CC)C(=O)C(Cc1ccccc1)NC(=O)OC(C)(C)C. The standard InChI is InChI=1S/C30H43N3O5/c1-8-13-21(4)31-27(35)26(23-16-17-25(34)20(3)18-23)33(9-2)28(36)24(19-22-14-11-10-12-15-22)32-29(37)38-30(5,6)7/h10-12,14-18,21,24,26,34H,8-9,13,19H2,1-7H3,(H,31,35)(H,32,37). The molecule has 0 aliphatic heterocycles. The van der Waals surface area contributed by atoms with Crippen LogP contribution in [0.4, 0.5) is 4.79 Å². The van der Waals surface area contributed by atoms with Gasteiger partial charge in [-0.2, -0.15) is 0 Å². The lowest BCUT2D eigenvalue weighted by molar-refractivity contribution is -0.142. The van der Waals surface area contributed by atoms with E-state index in [1.807, 2.05) is 44.2 Å². The van der Waals surface area contributed by atoms with Crippen molar-refractivity contribution in [3.05, 3.63) is 65.2 Å². The zero-order valence-electron chi connectivity index (χ0n) is 23.7. The molecule has 0 bridgehead atoms. The minimum Gasteiger partial charge on any atom is -0.508 e. The number of ether oxygens (including phenoxy) is 1. The Kier molecular flexibility index (Phi) is 11.2. The van der Waals surface area contributed by atoms with Crippen LogP contribution in [-0.4, -0.2) is 52.1 Å². The second-order valence-corrected chi connectivity index (χ2v) is 10.7. The molecule has 0 saturated heterocycles. The van der Waals surface area contributed by atoms with Crippen molar-refractivity contribution in [3.8, 4) is 5.75 Å². The Hall–Kier alpha value is -3.55. The number of carbonyl (C=O) groups is 3. The number of likely N-dealkylation sites (N-methyl/N-ethyl adjacent to an activating group) is 1. The third-order valence-electron chi connectivity index (χ3n) is 6.10. The van der Waals surface area contributed by atoms with Gasteiger partial charge in [0, 0.05) is 19.0 Å². The van der Waals surface area contributed by atoms with Gasteiger partial charge >= 0.3 is 6.09 Å². The monoisotopic (exact) mass is 525 g/mol. The van der Waals surface area contributed by atoms with Crippen LogP contribution in [0, 0.1) is 6.92 Å². The average molecular weight is 526 g/mol. The second-order valence-electron chi connectivity index (χ2n) is 10.7. The summed E-state index contributed by atoms with van der Waals surface area (Å²) in [6, 6.07) is 12.3. The highest BCUT2D eigenvalue weighted by atomic mass is 16.6. The maximum atomic E-state index is 14.1. The minimum absolute atomic E-state index is 0.0815. The Morgan fingerprint density at radius 1 is 1.03 bits per heavy atom. The van der Waals surface area contributed by atoms with E-state index in [1.165, 1.54) is 11.0 Å². The number of amides is 3. The van der Waals surface area contributed by atoms with Crippen LogP contribution in [0.15, 0.2) is 48.5 Å². The first-order valence-corrected chi connectivity index (χ1v) is 13.3. The molecule has 2 aromatic rings. The summed E-state index contributed by atoms with van der Waals surface area (Å²) in [6.45, 7) is 13.0. The predicted octanol–water partition coefficient (Wildman–Crippen LogP) is 5.03. The maximum Gasteiger partial charge on any atom is 0.408 e. The number of carbonyl (C=O) groups excluding carboxylic acids is 3. The van der Waals surface area contributed by atoms with E-state index in [0.29, 0.717) is 11.1 Å². The van der Waals surface area contributed by atoms with Gasteiger partial charge in [-0.05, 0) is 76.8 Å². The van der Waals surface area contributed by atoms with Crippen molar-refractivity contribution in [2.75, 3.05) is 6.54 Å². The Labute approximate surface area is 226 Å². The number of aromatic hydroxyl groups is 1. The molecule has 208 valence electrons. The van der Waals surface area contributed by atoms with Gasteiger partial charge in [-0.1, -0.05) is 49.7 Å². The zero-order valence-corrected chi connectivity index (χ0v) is 23.7. The van der Waals surface area contributed by atoms with E-state index in [9.17, 15) is 19.5 Å². The molecule has 3 N–H and O–H groups in total. The lowest BCUT2D eigenvalue weighted by Gasteiger charge is -2.34. The van der Waals surface area contributed by atoms with E-state index in [2.05, 4.69) is 10.6 Å². The van der Waals surface area contributed by atoms with Crippen LogP contribution in [-0.2, 0) is 20.7 Å². The van der Waals surface area contributed by atoms with Crippen LogP contribution < -0.4 is 10.6 Å². The normalized spacial score (nSPS) is 13.7. The summed E-state index contributed by atoms with van der Waals surface area (Å²) in [5.41, 5.74) is 1.29. The van der Waals surface area contributed by atoms with Crippen molar-refractivity contribution in [2.24, 2.45) is 0 Å². The first kappa shape index (κ1) is 30.7. The molecule has 2 rings (SSSR count). The van der Waals surface area contributed by atoms with Crippen molar-refractivity contribution in [1.82, 2.24) is 15.5 Å². The molecular formula is C30H43N3O5.